The number of ether oxygens (including phenoxy) is 1. The largest absolute Gasteiger partial charge is 0.449 e. The van der Waals surface area contributed by atoms with Gasteiger partial charge in [-0.1, -0.05) is 11.6 Å². The van der Waals surface area contributed by atoms with Gasteiger partial charge in [-0.15, -0.1) is 0 Å². The highest BCUT2D eigenvalue weighted by atomic mass is 35.5. The molecular formula is C7ClF11O. The lowest BCUT2D eigenvalue weighted by Crippen LogP contribution is -2.57. The molecule has 0 aromatic rings. The third-order valence-electron chi connectivity index (χ3n) is 1.63. The van der Waals surface area contributed by atoms with Crippen molar-refractivity contribution in [2.24, 2.45) is 0 Å². The Kier molecular flexibility index (Phi) is 5.32. The fourth-order valence-electron chi connectivity index (χ4n) is 0.769. The number of rotatable bonds is 4. The first-order valence-electron chi connectivity index (χ1n) is 3.93. The fraction of sp³-hybridized carbons (Fsp3) is 0.429. The maximum atomic E-state index is 13.2. The smallest absolute Gasteiger partial charge is 0.399 e. The maximum absolute atomic E-state index is 13.2. The summed E-state index contributed by atoms with van der Waals surface area (Å²) in [6.45, 7) is 0. The van der Waals surface area contributed by atoms with Crippen LogP contribution < -0.4 is 0 Å². The average Bonchev–Trinajstić information content (AvgIpc) is 2.23. The normalized spacial score (nSPS) is 15.4. The van der Waals surface area contributed by atoms with Crippen LogP contribution in [0.15, 0.2) is 23.2 Å². The zero-order valence-corrected chi connectivity index (χ0v) is 9.20. The van der Waals surface area contributed by atoms with Crippen molar-refractivity contribution in [1.29, 1.82) is 0 Å². The monoisotopic (exact) mass is 344 g/mol. The average molecular weight is 345 g/mol. The third-order valence-corrected chi connectivity index (χ3v) is 2.03. The molecule has 1 unspecified atom stereocenters. The first kappa shape index (κ1) is 18.8. The molecule has 0 aromatic carbocycles. The van der Waals surface area contributed by atoms with Crippen LogP contribution in [0.1, 0.15) is 0 Å². The molecule has 13 heteroatoms. The summed E-state index contributed by atoms with van der Waals surface area (Å²) in [6.07, 6.45) is -20.8. The third kappa shape index (κ3) is 3.27. The topological polar surface area (TPSA) is 9.23 Å². The van der Waals surface area contributed by atoms with Crippen molar-refractivity contribution in [1.82, 2.24) is 0 Å². The van der Waals surface area contributed by atoms with Gasteiger partial charge in [0.05, 0.1) is 0 Å². The summed E-state index contributed by atoms with van der Waals surface area (Å²) < 4.78 is 136. The first-order chi connectivity index (χ1) is 8.68. The van der Waals surface area contributed by atoms with Gasteiger partial charge in [-0.25, -0.2) is 4.39 Å². The van der Waals surface area contributed by atoms with Gasteiger partial charge in [0.2, 0.25) is 0 Å². The van der Waals surface area contributed by atoms with Crippen LogP contribution in [0.4, 0.5) is 48.3 Å². The van der Waals surface area contributed by atoms with Crippen LogP contribution in [0.3, 0.4) is 0 Å². The molecular weight excluding hydrogens is 345 g/mol. The van der Waals surface area contributed by atoms with Crippen LogP contribution in [0.5, 0.6) is 0 Å². The van der Waals surface area contributed by atoms with Gasteiger partial charge < -0.3 is 4.74 Å². The van der Waals surface area contributed by atoms with E-state index in [1.807, 2.05) is 0 Å². The number of alkyl halides is 6. The van der Waals surface area contributed by atoms with Gasteiger partial charge in [-0.05, 0) is 0 Å². The summed E-state index contributed by atoms with van der Waals surface area (Å²) >= 11 is 4.10. The van der Waals surface area contributed by atoms with Crippen LogP contribution in [0, 0.1) is 0 Å². The highest BCUT2D eigenvalue weighted by Crippen LogP contribution is 2.53. The predicted molar refractivity (Wildman–Crippen MR) is 41.4 cm³/mol. The second-order valence-electron chi connectivity index (χ2n) is 2.88. The van der Waals surface area contributed by atoms with E-state index in [4.69, 9.17) is 0 Å². The van der Waals surface area contributed by atoms with Crippen LogP contribution in [0.2, 0.25) is 0 Å². The number of hydrogen-bond donors (Lipinski definition) is 0. The molecule has 0 rings (SSSR count). The van der Waals surface area contributed by atoms with E-state index in [0.29, 0.717) is 0 Å². The van der Waals surface area contributed by atoms with E-state index in [1.54, 1.807) is 0 Å². The van der Waals surface area contributed by atoms with Crippen molar-refractivity contribution in [3.8, 4) is 0 Å². The second-order valence-corrected chi connectivity index (χ2v) is 3.26. The van der Waals surface area contributed by atoms with Crippen LogP contribution in [-0.2, 0) is 4.74 Å². The predicted octanol–water partition coefficient (Wildman–Crippen LogP) is 5.25. The molecule has 118 valence electrons. The molecule has 0 aliphatic rings. The summed E-state index contributed by atoms with van der Waals surface area (Å²) in [4.78, 5) is 0. The Morgan fingerprint density at radius 3 is 1.40 bits per heavy atom. The van der Waals surface area contributed by atoms with Gasteiger partial charge in [-0.3, -0.25) is 0 Å². The Hall–Kier alpha value is -1.20. The van der Waals surface area contributed by atoms with E-state index in [0.717, 1.165) is 0 Å². The Labute approximate surface area is 107 Å². The molecule has 0 fully saturated rings. The summed E-state index contributed by atoms with van der Waals surface area (Å²) in [5.74, 6) is 0. The molecule has 0 spiro atoms. The van der Waals surface area contributed by atoms with Crippen molar-refractivity contribution in [3.05, 3.63) is 23.2 Å². The molecule has 0 heterocycles. The van der Waals surface area contributed by atoms with E-state index in [2.05, 4.69) is 16.3 Å². The minimum atomic E-state index is -6.83. The summed E-state index contributed by atoms with van der Waals surface area (Å²) in [7, 11) is 0. The molecule has 0 radical (unpaired) electrons. The lowest BCUT2D eigenvalue weighted by atomic mass is 10.0. The summed E-state index contributed by atoms with van der Waals surface area (Å²) in [6, 6.07) is -3.59. The SMILES string of the molecule is FC(F)=C(F)OC(F)(F)C(F)(C(Cl)=C(F)F)C(F)(F)F. The lowest BCUT2D eigenvalue weighted by molar-refractivity contribution is -0.363. The van der Waals surface area contributed by atoms with E-state index >= 15 is 0 Å². The van der Waals surface area contributed by atoms with Crippen LogP contribution >= 0.6 is 11.6 Å². The van der Waals surface area contributed by atoms with Gasteiger partial charge in [0, 0.05) is 0 Å². The Balaban J connectivity index is 6.05. The summed E-state index contributed by atoms with van der Waals surface area (Å²) in [5.41, 5.74) is -6.44. The Bertz CT molecular complexity index is 431. The van der Waals surface area contributed by atoms with Crippen LogP contribution in [-0.4, -0.2) is 18.0 Å². The molecule has 0 aliphatic heterocycles. The van der Waals surface area contributed by atoms with Gasteiger partial charge >= 0.3 is 30.0 Å². The first-order valence-corrected chi connectivity index (χ1v) is 4.30. The zero-order valence-electron chi connectivity index (χ0n) is 8.44. The molecule has 20 heavy (non-hydrogen) atoms. The minimum Gasteiger partial charge on any atom is -0.399 e. The molecule has 0 aliphatic carbocycles. The van der Waals surface area contributed by atoms with Crippen molar-refractivity contribution < 1.29 is 53.0 Å². The van der Waals surface area contributed by atoms with E-state index < -0.39 is 41.2 Å². The highest BCUT2D eigenvalue weighted by Gasteiger charge is 2.77. The Morgan fingerprint density at radius 2 is 1.15 bits per heavy atom. The van der Waals surface area contributed by atoms with Gasteiger partial charge in [0.15, 0.2) is 0 Å². The van der Waals surface area contributed by atoms with Gasteiger partial charge in [0.25, 0.3) is 6.08 Å². The summed E-state index contributed by atoms with van der Waals surface area (Å²) in [5, 5.41) is -3.39. The number of halogens is 12. The molecule has 0 aromatic heterocycles. The standard InChI is InChI=1S/C7ClF11O/c8-1(2(9)10)5(14,6(15,16)17)7(18,19)20-4(13)3(11)12. The molecule has 0 bridgehead atoms. The fourth-order valence-corrected chi connectivity index (χ4v) is 0.986. The second kappa shape index (κ2) is 5.66. The van der Waals surface area contributed by atoms with Crippen molar-refractivity contribution >= 4 is 11.6 Å². The lowest BCUT2D eigenvalue weighted by Gasteiger charge is -2.32. The molecule has 1 atom stereocenters. The zero-order chi connectivity index (χ0) is 16.5. The molecule has 0 amide bonds. The quantitative estimate of drug-likeness (QED) is 0.500. The molecule has 0 saturated carbocycles. The van der Waals surface area contributed by atoms with E-state index in [1.165, 1.54) is 0 Å². The maximum Gasteiger partial charge on any atom is 0.449 e. The van der Waals surface area contributed by atoms with Crippen molar-refractivity contribution in [2.45, 2.75) is 18.0 Å². The molecule has 1 nitrogen and oxygen atoms in total. The number of hydrogen-bond acceptors (Lipinski definition) is 1. The van der Waals surface area contributed by atoms with Gasteiger partial charge in [0.1, 0.15) is 5.03 Å². The van der Waals surface area contributed by atoms with Crippen molar-refractivity contribution in [3.63, 3.8) is 0 Å². The van der Waals surface area contributed by atoms with Crippen molar-refractivity contribution in [2.75, 3.05) is 0 Å². The van der Waals surface area contributed by atoms with E-state index in [9.17, 15) is 48.3 Å². The Morgan fingerprint density at radius 1 is 0.750 bits per heavy atom. The van der Waals surface area contributed by atoms with Gasteiger partial charge in [-0.2, -0.15) is 43.9 Å². The van der Waals surface area contributed by atoms with E-state index in [-0.39, 0.29) is 0 Å². The van der Waals surface area contributed by atoms with Crippen LogP contribution in [0.25, 0.3) is 0 Å². The highest BCUT2D eigenvalue weighted by molar-refractivity contribution is 6.31. The molecule has 0 saturated heterocycles. The minimum absolute atomic E-state index is 2.14. The molecule has 0 N–H and O–H groups in total.